The minimum absolute atomic E-state index is 0.814. The quantitative estimate of drug-likeness (QED) is 0.646. The molecule has 0 atom stereocenters. The maximum atomic E-state index is 4.27. The van der Waals surface area contributed by atoms with Crippen molar-refractivity contribution in [3.63, 3.8) is 0 Å². The number of aliphatic imine (C=N–C) groups is 1. The van der Waals surface area contributed by atoms with Crippen LogP contribution in [-0.4, -0.2) is 12.8 Å². The molecule has 1 N–H and O–H groups in total. The van der Waals surface area contributed by atoms with Crippen molar-refractivity contribution in [3.8, 4) is 0 Å². The Morgan fingerprint density at radius 1 is 1.38 bits per heavy atom. The molecule has 0 radical (unpaired) electrons. The van der Waals surface area contributed by atoms with Gasteiger partial charge >= 0.3 is 0 Å². The van der Waals surface area contributed by atoms with E-state index in [0.29, 0.717) is 0 Å². The van der Waals surface area contributed by atoms with Gasteiger partial charge in [0.25, 0.3) is 0 Å². The summed E-state index contributed by atoms with van der Waals surface area (Å²) in [5, 5.41) is 3.28. The zero-order valence-electron chi connectivity index (χ0n) is 9.09. The van der Waals surface area contributed by atoms with Gasteiger partial charge in [-0.05, 0) is 27.2 Å². The number of hydrogen-bond donors (Lipinski definition) is 1. The summed E-state index contributed by atoms with van der Waals surface area (Å²) in [6.45, 7) is 8.95. The topological polar surface area (TPSA) is 24.4 Å². The van der Waals surface area contributed by atoms with Crippen molar-refractivity contribution in [2.24, 2.45) is 4.99 Å². The highest BCUT2D eigenvalue weighted by molar-refractivity contribution is 5.55. The number of nitrogens with zero attached hydrogens (tertiary/aromatic N) is 1. The van der Waals surface area contributed by atoms with E-state index in [4.69, 9.17) is 0 Å². The molecule has 0 saturated carbocycles. The van der Waals surface area contributed by atoms with Crippen molar-refractivity contribution in [2.45, 2.75) is 34.1 Å². The first kappa shape index (κ1) is 11.9. The van der Waals surface area contributed by atoms with E-state index in [1.807, 2.05) is 20.1 Å². The summed E-state index contributed by atoms with van der Waals surface area (Å²) >= 11 is 0. The van der Waals surface area contributed by atoms with E-state index < -0.39 is 0 Å². The Morgan fingerprint density at radius 2 is 2.08 bits per heavy atom. The fourth-order valence-electron chi connectivity index (χ4n) is 0.904. The fourth-order valence-corrected chi connectivity index (χ4v) is 0.904. The Labute approximate surface area is 81.5 Å². The van der Waals surface area contributed by atoms with Gasteiger partial charge in [-0.3, -0.25) is 4.99 Å². The van der Waals surface area contributed by atoms with Crippen LogP contribution in [0.15, 0.2) is 28.5 Å². The summed E-state index contributed by atoms with van der Waals surface area (Å²) in [5.41, 5.74) is 2.29. The van der Waals surface area contributed by atoms with Crippen LogP contribution in [0.3, 0.4) is 0 Å². The maximum absolute atomic E-state index is 4.27. The molecule has 74 valence electrons. The van der Waals surface area contributed by atoms with Crippen molar-refractivity contribution in [2.75, 3.05) is 6.54 Å². The Kier molecular flexibility index (Phi) is 6.98. The van der Waals surface area contributed by atoms with E-state index >= 15 is 0 Å². The van der Waals surface area contributed by atoms with Crippen LogP contribution < -0.4 is 5.32 Å². The average Bonchev–Trinajstić information content (AvgIpc) is 2.14. The predicted octanol–water partition coefficient (Wildman–Crippen LogP) is 2.88. The molecule has 0 aliphatic rings. The third-order valence-electron chi connectivity index (χ3n) is 1.72. The third-order valence-corrected chi connectivity index (χ3v) is 1.72. The van der Waals surface area contributed by atoms with Crippen LogP contribution in [0.1, 0.15) is 34.1 Å². The largest absolute Gasteiger partial charge is 0.383 e. The molecule has 0 aliphatic heterocycles. The van der Waals surface area contributed by atoms with Crippen LogP contribution >= 0.6 is 0 Å². The molecule has 0 unspecified atom stereocenters. The SMILES string of the molecule is CC=N/C(=C\CC)CN/C(C)=C/C. The Hall–Kier alpha value is -1.05. The molecule has 0 fully saturated rings. The van der Waals surface area contributed by atoms with Crippen molar-refractivity contribution >= 4 is 6.21 Å². The van der Waals surface area contributed by atoms with Crippen molar-refractivity contribution in [3.05, 3.63) is 23.5 Å². The second-order valence-electron chi connectivity index (χ2n) is 2.82. The van der Waals surface area contributed by atoms with Crippen LogP contribution in [0, 0.1) is 0 Å². The van der Waals surface area contributed by atoms with Gasteiger partial charge in [0.15, 0.2) is 0 Å². The van der Waals surface area contributed by atoms with Gasteiger partial charge in [0.1, 0.15) is 0 Å². The van der Waals surface area contributed by atoms with Gasteiger partial charge in [-0.15, -0.1) is 0 Å². The van der Waals surface area contributed by atoms with Gasteiger partial charge in [-0.2, -0.15) is 0 Å². The van der Waals surface area contributed by atoms with Crippen molar-refractivity contribution in [1.29, 1.82) is 0 Å². The summed E-state index contributed by atoms with van der Waals surface area (Å²) in [6, 6.07) is 0. The van der Waals surface area contributed by atoms with Gasteiger partial charge in [0, 0.05) is 11.9 Å². The Bertz CT molecular complexity index is 212. The predicted molar refractivity (Wildman–Crippen MR) is 60.0 cm³/mol. The highest BCUT2D eigenvalue weighted by Gasteiger charge is 1.91. The van der Waals surface area contributed by atoms with E-state index in [0.717, 1.165) is 18.7 Å². The number of hydrogen-bond acceptors (Lipinski definition) is 2. The lowest BCUT2D eigenvalue weighted by molar-refractivity contribution is 0.853. The molecule has 0 rings (SSSR count). The third kappa shape index (κ3) is 6.14. The van der Waals surface area contributed by atoms with Gasteiger partial charge in [-0.25, -0.2) is 0 Å². The summed E-state index contributed by atoms with van der Waals surface area (Å²) in [6.07, 6.45) is 7.05. The van der Waals surface area contributed by atoms with Gasteiger partial charge in [0.2, 0.25) is 0 Å². The average molecular weight is 180 g/mol. The highest BCUT2D eigenvalue weighted by atomic mass is 14.9. The lowest BCUT2D eigenvalue weighted by atomic mass is 10.3. The molecule has 0 spiro atoms. The first-order chi connectivity index (χ1) is 6.24. The molecule has 13 heavy (non-hydrogen) atoms. The zero-order valence-corrected chi connectivity index (χ0v) is 9.09. The number of nitrogens with one attached hydrogen (secondary N) is 1. The summed E-state index contributed by atoms with van der Waals surface area (Å²) in [7, 11) is 0. The molecule has 2 nitrogen and oxygen atoms in total. The normalized spacial score (nSPS) is 13.8. The molecule has 0 aromatic heterocycles. The molecule has 0 amide bonds. The molecule has 0 bridgehead atoms. The minimum Gasteiger partial charge on any atom is -0.383 e. The molecular formula is C11H20N2. The van der Waals surface area contributed by atoms with E-state index in [9.17, 15) is 0 Å². The molecule has 0 aromatic rings. The monoisotopic (exact) mass is 180 g/mol. The van der Waals surface area contributed by atoms with Crippen molar-refractivity contribution in [1.82, 2.24) is 5.32 Å². The first-order valence-electron chi connectivity index (χ1n) is 4.79. The Balaban J connectivity index is 4.05. The second kappa shape index (κ2) is 7.59. The highest BCUT2D eigenvalue weighted by Crippen LogP contribution is 1.98. The number of allylic oxidation sites excluding steroid dienone is 3. The summed E-state index contributed by atoms with van der Waals surface area (Å²) in [5.74, 6) is 0. The van der Waals surface area contributed by atoms with Crippen LogP contribution in [-0.2, 0) is 0 Å². The van der Waals surface area contributed by atoms with Gasteiger partial charge < -0.3 is 5.32 Å². The molecule has 0 saturated heterocycles. The van der Waals surface area contributed by atoms with Gasteiger partial charge in [-0.1, -0.05) is 19.1 Å². The lowest BCUT2D eigenvalue weighted by Gasteiger charge is -2.05. The van der Waals surface area contributed by atoms with E-state index in [1.165, 1.54) is 5.70 Å². The molecule has 0 aromatic carbocycles. The smallest absolute Gasteiger partial charge is 0.0566 e. The van der Waals surface area contributed by atoms with E-state index in [-0.39, 0.29) is 0 Å². The zero-order chi connectivity index (χ0) is 10.1. The van der Waals surface area contributed by atoms with E-state index in [1.54, 1.807) is 0 Å². The lowest BCUT2D eigenvalue weighted by Crippen LogP contribution is -2.13. The molecular weight excluding hydrogens is 160 g/mol. The Morgan fingerprint density at radius 3 is 2.54 bits per heavy atom. The van der Waals surface area contributed by atoms with Crippen LogP contribution in [0.25, 0.3) is 0 Å². The maximum Gasteiger partial charge on any atom is 0.0566 e. The fraction of sp³-hybridized carbons (Fsp3) is 0.545. The minimum atomic E-state index is 0.814. The second-order valence-corrected chi connectivity index (χ2v) is 2.82. The molecule has 0 aliphatic carbocycles. The summed E-state index contributed by atoms with van der Waals surface area (Å²) < 4.78 is 0. The van der Waals surface area contributed by atoms with Gasteiger partial charge in [0.05, 0.1) is 12.2 Å². The summed E-state index contributed by atoms with van der Waals surface area (Å²) in [4.78, 5) is 4.27. The standard InChI is InChI=1S/C11H20N2/c1-5-8-11(12-7-3)9-13-10(4)6-2/h6-8,13H,5,9H2,1-4H3/b10-6+,11-8-,12-7?. The number of rotatable bonds is 5. The van der Waals surface area contributed by atoms with E-state index in [2.05, 4.69) is 36.3 Å². The van der Waals surface area contributed by atoms with Crippen LogP contribution in [0.5, 0.6) is 0 Å². The molecule has 2 heteroatoms. The van der Waals surface area contributed by atoms with Crippen LogP contribution in [0.4, 0.5) is 0 Å². The van der Waals surface area contributed by atoms with Crippen molar-refractivity contribution < 1.29 is 0 Å². The molecule has 0 heterocycles. The first-order valence-corrected chi connectivity index (χ1v) is 4.79. The van der Waals surface area contributed by atoms with Crippen LogP contribution in [0.2, 0.25) is 0 Å².